The third-order valence-corrected chi connectivity index (χ3v) is 2.44. The number of nitrogens with zero attached hydrogens (tertiary/aromatic N) is 3. The van der Waals surface area contributed by atoms with E-state index in [9.17, 15) is 0 Å². The van der Waals surface area contributed by atoms with Gasteiger partial charge in [-0.2, -0.15) is 0 Å². The number of hydrogen-bond acceptors (Lipinski definition) is 3. The molecule has 0 aliphatic rings. The topological polar surface area (TPSA) is 50.9 Å². The molecule has 0 aliphatic heterocycles. The summed E-state index contributed by atoms with van der Waals surface area (Å²) in [5.41, 5.74) is 0. The average molecular weight is 211 g/mol. The largest absolute Gasteiger partial charge is 0.388 e. The molecule has 1 rings (SSSR count). The van der Waals surface area contributed by atoms with Crippen molar-refractivity contribution in [1.82, 2.24) is 14.8 Å². The number of hydrogen-bond donors (Lipinski definition) is 1. The Kier molecular flexibility index (Phi) is 4.75. The summed E-state index contributed by atoms with van der Waals surface area (Å²) in [7, 11) is 0. The van der Waals surface area contributed by atoms with Gasteiger partial charge in [-0.1, -0.05) is 20.8 Å². The summed E-state index contributed by atoms with van der Waals surface area (Å²) in [5.74, 6) is 2.37. The summed E-state index contributed by atoms with van der Waals surface area (Å²) in [6.45, 7) is 7.40. The highest BCUT2D eigenvalue weighted by Crippen LogP contribution is 2.10. The van der Waals surface area contributed by atoms with E-state index in [1.165, 1.54) is 0 Å². The van der Waals surface area contributed by atoms with Crippen LogP contribution in [0.25, 0.3) is 0 Å². The Bertz CT molecular complexity index is 294. The summed E-state index contributed by atoms with van der Waals surface area (Å²) >= 11 is 0. The Morgan fingerprint density at radius 3 is 2.47 bits per heavy atom. The molecule has 0 aromatic carbocycles. The molecule has 0 unspecified atom stereocenters. The van der Waals surface area contributed by atoms with Gasteiger partial charge in [-0.3, -0.25) is 0 Å². The molecule has 86 valence electrons. The van der Waals surface area contributed by atoms with E-state index < -0.39 is 0 Å². The van der Waals surface area contributed by atoms with Gasteiger partial charge in [0.15, 0.2) is 5.82 Å². The van der Waals surface area contributed by atoms with Crippen molar-refractivity contribution in [3.63, 3.8) is 0 Å². The highest BCUT2D eigenvalue weighted by Gasteiger charge is 2.10. The molecule has 0 amide bonds. The quantitative estimate of drug-likeness (QED) is 0.780. The molecule has 0 radical (unpaired) electrons. The lowest BCUT2D eigenvalue weighted by Gasteiger charge is -2.08. The second-order valence-electron chi connectivity index (χ2n) is 4.27. The Balaban J connectivity index is 2.72. The van der Waals surface area contributed by atoms with Crippen molar-refractivity contribution in [1.29, 1.82) is 0 Å². The van der Waals surface area contributed by atoms with E-state index in [4.69, 9.17) is 5.11 Å². The molecule has 4 heteroatoms. The van der Waals surface area contributed by atoms with E-state index in [0.29, 0.717) is 11.7 Å². The van der Waals surface area contributed by atoms with Crippen LogP contribution in [0, 0.1) is 5.92 Å². The minimum absolute atomic E-state index is 0.0192. The molecule has 0 spiro atoms. The molecule has 1 N–H and O–H groups in total. The van der Waals surface area contributed by atoms with E-state index in [1.54, 1.807) is 0 Å². The van der Waals surface area contributed by atoms with Crippen molar-refractivity contribution in [2.24, 2.45) is 5.92 Å². The highest BCUT2D eigenvalue weighted by atomic mass is 16.3. The first-order valence-corrected chi connectivity index (χ1v) is 5.70. The summed E-state index contributed by atoms with van der Waals surface area (Å²) in [6, 6.07) is 0. The molecule has 0 bridgehead atoms. The van der Waals surface area contributed by atoms with Gasteiger partial charge in [0.1, 0.15) is 12.4 Å². The molecule has 1 aromatic heterocycles. The Morgan fingerprint density at radius 1 is 1.27 bits per heavy atom. The first-order chi connectivity index (χ1) is 7.19. The molecular weight excluding hydrogens is 190 g/mol. The van der Waals surface area contributed by atoms with Gasteiger partial charge in [-0.05, 0) is 18.8 Å². The average Bonchev–Trinajstić information content (AvgIpc) is 2.58. The van der Waals surface area contributed by atoms with Crippen LogP contribution in [-0.2, 0) is 19.6 Å². The number of aliphatic hydroxyl groups is 1. The fourth-order valence-corrected chi connectivity index (χ4v) is 1.57. The summed E-state index contributed by atoms with van der Waals surface area (Å²) in [6.07, 6.45) is 3.11. The third-order valence-electron chi connectivity index (χ3n) is 2.44. The molecule has 0 aliphatic carbocycles. The maximum Gasteiger partial charge on any atom is 0.158 e. The Morgan fingerprint density at radius 2 is 1.93 bits per heavy atom. The minimum atomic E-state index is -0.0192. The Hall–Kier alpha value is -0.900. The van der Waals surface area contributed by atoms with Crippen LogP contribution in [0.5, 0.6) is 0 Å². The molecular formula is C11H21N3O. The van der Waals surface area contributed by atoms with Gasteiger partial charge < -0.3 is 9.67 Å². The Labute approximate surface area is 91.3 Å². The third kappa shape index (κ3) is 3.30. The maximum absolute atomic E-state index is 9.11. The molecule has 1 aromatic rings. The SMILES string of the molecule is CCCn1c(CO)nnc1CCC(C)C. The van der Waals surface area contributed by atoms with E-state index in [1.807, 2.05) is 4.57 Å². The molecule has 0 saturated heterocycles. The van der Waals surface area contributed by atoms with E-state index in [-0.39, 0.29) is 6.61 Å². The van der Waals surface area contributed by atoms with Crippen LogP contribution < -0.4 is 0 Å². The fraction of sp³-hybridized carbons (Fsp3) is 0.818. The standard InChI is InChI=1S/C11H21N3O/c1-4-7-14-10(6-5-9(2)3)12-13-11(14)8-15/h9,15H,4-8H2,1-3H3. The number of aromatic nitrogens is 3. The van der Waals surface area contributed by atoms with Crippen molar-refractivity contribution in [2.75, 3.05) is 0 Å². The monoisotopic (exact) mass is 211 g/mol. The van der Waals surface area contributed by atoms with Gasteiger partial charge in [0.05, 0.1) is 0 Å². The van der Waals surface area contributed by atoms with Crippen LogP contribution in [0.3, 0.4) is 0 Å². The smallest absolute Gasteiger partial charge is 0.158 e. The van der Waals surface area contributed by atoms with E-state index >= 15 is 0 Å². The zero-order chi connectivity index (χ0) is 11.3. The predicted molar refractivity (Wildman–Crippen MR) is 59.4 cm³/mol. The molecule has 0 saturated carbocycles. The zero-order valence-electron chi connectivity index (χ0n) is 9.90. The van der Waals surface area contributed by atoms with Gasteiger partial charge in [-0.15, -0.1) is 10.2 Å². The lowest BCUT2D eigenvalue weighted by molar-refractivity contribution is 0.264. The summed E-state index contributed by atoms with van der Waals surface area (Å²) in [4.78, 5) is 0. The minimum Gasteiger partial charge on any atom is -0.388 e. The van der Waals surface area contributed by atoms with Gasteiger partial charge in [0.25, 0.3) is 0 Å². The second-order valence-corrected chi connectivity index (χ2v) is 4.27. The first kappa shape index (κ1) is 12.2. The normalized spacial score (nSPS) is 11.3. The van der Waals surface area contributed by atoms with Crippen LogP contribution in [-0.4, -0.2) is 19.9 Å². The lowest BCUT2D eigenvalue weighted by Crippen LogP contribution is -2.08. The summed E-state index contributed by atoms with van der Waals surface area (Å²) in [5, 5.41) is 17.2. The van der Waals surface area contributed by atoms with Crippen LogP contribution in [0.1, 0.15) is 45.3 Å². The van der Waals surface area contributed by atoms with Crippen molar-refractivity contribution >= 4 is 0 Å². The van der Waals surface area contributed by atoms with Gasteiger partial charge >= 0.3 is 0 Å². The maximum atomic E-state index is 9.11. The van der Waals surface area contributed by atoms with Crippen molar-refractivity contribution in [3.8, 4) is 0 Å². The van der Waals surface area contributed by atoms with Crippen molar-refractivity contribution in [2.45, 2.75) is 53.2 Å². The van der Waals surface area contributed by atoms with Crippen LogP contribution in [0.2, 0.25) is 0 Å². The number of rotatable bonds is 6. The predicted octanol–water partition coefficient (Wildman–Crippen LogP) is 1.77. The second kappa shape index (κ2) is 5.85. The zero-order valence-corrected chi connectivity index (χ0v) is 9.90. The van der Waals surface area contributed by atoms with Crippen LogP contribution in [0.4, 0.5) is 0 Å². The number of aliphatic hydroxyl groups excluding tert-OH is 1. The number of aryl methyl sites for hydroxylation is 1. The van der Waals surface area contributed by atoms with Gasteiger partial charge in [0, 0.05) is 13.0 Å². The molecule has 1 heterocycles. The molecule has 4 nitrogen and oxygen atoms in total. The first-order valence-electron chi connectivity index (χ1n) is 5.70. The lowest BCUT2D eigenvalue weighted by atomic mass is 10.1. The van der Waals surface area contributed by atoms with E-state index in [0.717, 1.165) is 31.6 Å². The van der Waals surface area contributed by atoms with Gasteiger partial charge in [0.2, 0.25) is 0 Å². The molecule has 15 heavy (non-hydrogen) atoms. The van der Waals surface area contributed by atoms with Crippen molar-refractivity contribution < 1.29 is 5.11 Å². The summed E-state index contributed by atoms with van der Waals surface area (Å²) < 4.78 is 2.04. The van der Waals surface area contributed by atoms with Crippen LogP contribution in [0.15, 0.2) is 0 Å². The molecule has 0 fully saturated rings. The highest BCUT2D eigenvalue weighted by molar-refractivity contribution is 4.95. The van der Waals surface area contributed by atoms with Crippen LogP contribution >= 0.6 is 0 Å². The van der Waals surface area contributed by atoms with E-state index in [2.05, 4.69) is 31.0 Å². The fourth-order valence-electron chi connectivity index (χ4n) is 1.57. The van der Waals surface area contributed by atoms with Crippen molar-refractivity contribution in [3.05, 3.63) is 11.6 Å². The molecule has 0 atom stereocenters. The van der Waals surface area contributed by atoms with Gasteiger partial charge in [-0.25, -0.2) is 0 Å².